The number of hydrogen-bond acceptors (Lipinski definition) is 1. The number of unbranched alkanes of at least 4 members (excludes halogenated alkanes) is 1. The number of carboxylic acids is 1. The molecule has 0 aliphatic rings. The highest BCUT2D eigenvalue weighted by Crippen LogP contribution is 2.25. The summed E-state index contributed by atoms with van der Waals surface area (Å²) in [5.41, 5.74) is 0. The Bertz CT molecular complexity index is 197. The molecule has 0 heterocycles. The standard InChI is InChI=1S/C13H24O2/c1-4-7-8-11(5-2)12(6-3)9-10-13(14)15/h9-12H,4-8H2,1-3H3,(H,14,15). The van der Waals surface area contributed by atoms with Gasteiger partial charge in [-0.2, -0.15) is 0 Å². The van der Waals surface area contributed by atoms with Crippen LogP contribution in [0.1, 0.15) is 52.9 Å². The Labute approximate surface area is 93.4 Å². The summed E-state index contributed by atoms with van der Waals surface area (Å²) < 4.78 is 0. The fourth-order valence-corrected chi connectivity index (χ4v) is 2.02. The SMILES string of the molecule is CCCCC(CC)C(C=CC(=O)O)CC. The molecule has 0 aromatic rings. The van der Waals surface area contributed by atoms with Gasteiger partial charge < -0.3 is 5.11 Å². The molecule has 0 saturated carbocycles. The first-order valence-electron chi connectivity index (χ1n) is 6.06. The average molecular weight is 212 g/mol. The largest absolute Gasteiger partial charge is 0.478 e. The minimum atomic E-state index is -0.834. The lowest BCUT2D eigenvalue weighted by Crippen LogP contribution is -2.11. The number of carbonyl (C=O) groups is 1. The molecule has 88 valence electrons. The summed E-state index contributed by atoms with van der Waals surface area (Å²) in [5.74, 6) is 0.238. The average Bonchev–Trinajstić information content (AvgIpc) is 2.22. The van der Waals surface area contributed by atoms with Crippen molar-refractivity contribution in [2.24, 2.45) is 11.8 Å². The van der Waals surface area contributed by atoms with Crippen molar-refractivity contribution >= 4 is 5.97 Å². The molecule has 0 aromatic carbocycles. The Morgan fingerprint density at radius 2 is 1.93 bits per heavy atom. The van der Waals surface area contributed by atoms with Crippen molar-refractivity contribution < 1.29 is 9.90 Å². The Morgan fingerprint density at radius 3 is 2.33 bits per heavy atom. The van der Waals surface area contributed by atoms with Crippen LogP contribution < -0.4 is 0 Å². The van der Waals surface area contributed by atoms with Crippen molar-refractivity contribution in [3.63, 3.8) is 0 Å². The quantitative estimate of drug-likeness (QED) is 0.620. The molecule has 1 N–H and O–H groups in total. The van der Waals surface area contributed by atoms with E-state index in [9.17, 15) is 4.79 Å². The molecule has 2 atom stereocenters. The van der Waals surface area contributed by atoms with Crippen molar-refractivity contribution in [3.8, 4) is 0 Å². The van der Waals surface area contributed by atoms with E-state index in [1.54, 1.807) is 0 Å². The first-order valence-corrected chi connectivity index (χ1v) is 6.06. The summed E-state index contributed by atoms with van der Waals surface area (Å²) in [6.45, 7) is 6.52. The predicted octanol–water partition coefficient (Wildman–Crippen LogP) is 3.87. The lowest BCUT2D eigenvalue weighted by atomic mass is 9.84. The van der Waals surface area contributed by atoms with Gasteiger partial charge in [0.15, 0.2) is 0 Å². The molecule has 2 nitrogen and oxygen atoms in total. The van der Waals surface area contributed by atoms with E-state index in [1.165, 1.54) is 25.3 Å². The number of hydrogen-bond donors (Lipinski definition) is 1. The van der Waals surface area contributed by atoms with Gasteiger partial charge in [0.2, 0.25) is 0 Å². The molecule has 2 unspecified atom stereocenters. The zero-order valence-corrected chi connectivity index (χ0v) is 10.2. The fourth-order valence-electron chi connectivity index (χ4n) is 2.02. The maximum absolute atomic E-state index is 10.5. The van der Waals surface area contributed by atoms with Crippen LogP contribution in [0.3, 0.4) is 0 Å². The van der Waals surface area contributed by atoms with Crippen molar-refractivity contribution in [2.45, 2.75) is 52.9 Å². The molecular formula is C13H24O2. The van der Waals surface area contributed by atoms with E-state index < -0.39 is 5.97 Å². The Kier molecular flexibility index (Phi) is 8.06. The van der Waals surface area contributed by atoms with Gasteiger partial charge in [-0.3, -0.25) is 0 Å². The van der Waals surface area contributed by atoms with Crippen LogP contribution in [-0.2, 0) is 4.79 Å². The number of rotatable bonds is 8. The molecule has 0 radical (unpaired) electrons. The van der Waals surface area contributed by atoms with Crippen LogP contribution in [-0.4, -0.2) is 11.1 Å². The van der Waals surface area contributed by atoms with Crippen LogP contribution in [0, 0.1) is 11.8 Å². The van der Waals surface area contributed by atoms with Gasteiger partial charge in [0.25, 0.3) is 0 Å². The van der Waals surface area contributed by atoms with E-state index in [0.29, 0.717) is 11.8 Å². The summed E-state index contributed by atoms with van der Waals surface area (Å²) in [6, 6.07) is 0. The third kappa shape index (κ3) is 6.32. The third-order valence-electron chi connectivity index (χ3n) is 3.02. The second kappa shape index (κ2) is 8.51. The van der Waals surface area contributed by atoms with Crippen molar-refractivity contribution in [1.29, 1.82) is 0 Å². The summed E-state index contributed by atoms with van der Waals surface area (Å²) in [6.07, 6.45) is 9.02. The summed E-state index contributed by atoms with van der Waals surface area (Å²) in [5, 5.41) is 8.60. The molecule has 15 heavy (non-hydrogen) atoms. The first kappa shape index (κ1) is 14.2. The van der Waals surface area contributed by atoms with Crippen molar-refractivity contribution in [3.05, 3.63) is 12.2 Å². The first-order chi connectivity index (χ1) is 7.15. The molecule has 0 aliphatic carbocycles. The van der Waals surface area contributed by atoms with Gasteiger partial charge in [-0.15, -0.1) is 0 Å². The summed E-state index contributed by atoms with van der Waals surface area (Å²) >= 11 is 0. The number of allylic oxidation sites excluding steroid dienone is 1. The van der Waals surface area contributed by atoms with E-state index in [1.807, 2.05) is 6.08 Å². The van der Waals surface area contributed by atoms with E-state index in [-0.39, 0.29) is 0 Å². The molecular weight excluding hydrogens is 188 g/mol. The zero-order valence-electron chi connectivity index (χ0n) is 10.2. The smallest absolute Gasteiger partial charge is 0.327 e. The normalized spacial score (nSPS) is 15.4. The Balaban J connectivity index is 4.26. The summed E-state index contributed by atoms with van der Waals surface area (Å²) in [7, 11) is 0. The lowest BCUT2D eigenvalue weighted by molar-refractivity contribution is -0.131. The van der Waals surface area contributed by atoms with Crippen LogP contribution in [0.2, 0.25) is 0 Å². The molecule has 0 rings (SSSR count). The Hall–Kier alpha value is -0.790. The van der Waals surface area contributed by atoms with Crippen molar-refractivity contribution in [2.75, 3.05) is 0 Å². The number of aliphatic carboxylic acids is 1. The van der Waals surface area contributed by atoms with Crippen LogP contribution in [0.15, 0.2) is 12.2 Å². The Morgan fingerprint density at radius 1 is 1.27 bits per heavy atom. The molecule has 0 fully saturated rings. The van der Waals surface area contributed by atoms with Gasteiger partial charge in [-0.25, -0.2) is 4.79 Å². The summed E-state index contributed by atoms with van der Waals surface area (Å²) in [4.78, 5) is 10.5. The highest BCUT2D eigenvalue weighted by atomic mass is 16.4. The van der Waals surface area contributed by atoms with Gasteiger partial charge in [-0.1, -0.05) is 46.1 Å². The monoisotopic (exact) mass is 212 g/mol. The van der Waals surface area contributed by atoms with Gasteiger partial charge in [0, 0.05) is 6.08 Å². The maximum Gasteiger partial charge on any atom is 0.327 e. The number of carboxylic acid groups (broad SMARTS) is 1. The van der Waals surface area contributed by atoms with Gasteiger partial charge >= 0.3 is 5.97 Å². The molecule has 0 bridgehead atoms. The molecule has 0 spiro atoms. The topological polar surface area (TPSA) is 37.3 Å². The van der Waals surface area contributed by atoms with Crippen LogP contribution in [0.5, 0.6) is 0 Å². The second-order valence-corrected chi connectivity index (χ2v) is 4.08. The van der Waals surface area contributed by atoms with Gasteiger partial charge in [0.1, 0.15) is 0 Å². The molecule has 0 aromatic heterocycles. The molecule has 0 aliphatic heterocycles. The zero-order chi connectivity index (χ0) is 11.7. The maximum atomic E-state index is 10.5. The predicted molar refractivity (Wildman–Crippen MR) is 63.9 cm³/mol. The van der Waals surface area contributed by atoms with Crippen LogP contribution >= 0.6 is 0 Å². The molecule has 0 amide bonds. The van der Waals surface area contributed by atoms with E-state index in [2.05, 4.69) is 20.8 Å². The van der Waals surface area contributed by atoms with E-state index in [4.69, 9.17) is 5.11 Å². The fraction of sp³-hybridized carbons (Fsp3) is 0.769. The van der Waals surface area contributed by atoms with Crippen LogP contribution in [0.4, 0.5) is 0 Å². The highest BCUT2D eigenvalue weighted by molar-refractivity contribution is 5.79. The minimum Gasteiger partial charge on any atom is -0.478 e. The van der Waals surface area contributed by atoms with Gasteiger partial charge in [0.05, 0.1) is 0 Å². The third-order valence-corrected chi connectivity index (χ3v) is 3.02. The van der Waals surface area contributed by atoms with E-state index >= 15 is 0 Å². The minimum absolute atomic E-state index is 0.428. The van der Waals surface area contributed by atoms with Gasteiger partial charge in [-0.05, 0) is 24.7 Å². The highest BCUT2D eigenvalue weighted by Gasteiger charge is 2.15. The van der Waals surface area contributed by atoms with Crippen molar-refractivity contribution in [1.82, 2.24) is 0 Å². The second-order valence-electron chi connectivity index (χ2n) is 4.08. The molecule has 0 saturated heterocycles. The van der Waals surface area contributed by atoms with Crippen LogP contribution in [0.25, 0.3) is 0 Å². The molecule has 2 heteroatoms. The van der Waals surface area contributed by atoms with E-state index in [0.717, 1.165) is 12.8 Å². The lowest BCUT2D eigenvalue weighted by Gasteiger charge is -2.22.